The second-order valence-electron chi connectivity index (χ2n) is 5.89. The molecule has 0 bridgehead atoms. The maximum Gasteiger partial charge on any atom is 0.285 e. The highest BCUT2D eigenvalue weighted by Crippen LogP contribution is 2.32. The minimum absolute atomic E-state index is 0.260. The highest BCUT2D eigenvalue weighted by atomic mass is 32.2. The lowest BCUT2D eigenvalue weighted by Gasteiger charge is -2.15. The molecule has 5 nitrogen and oxygen atoms in total. The Labute approximate surface area is 171 Å². The van der Waals surface area contributed by atoms with Crippen LogP contribution in [0.3, 0.4) is 0 Å². The van der Waals surface area contributed by atoms with Crippen LogP contribution in [0.2, 0.25) is 0 Å². The Morgan fingerprint density at radius 3 is 2.39 bits per heavy atom. The monoisotopic (exact) mass is 406 g/mol. The van der Waals surface area contributed by atoms with Crippen molar-refractivity contribution in [3.05, 3.63) is 89.0 Å². The molecular weight excluding hydrogens is 392 g/mol. The molecule has 4 rings (SSSR count). The lowest BCUT2D eigenvalue weighted by atomic mass is 10.2. The van der Waals surface area contributed by atoms with E-state index in [1.807, 2.05) is 42.5 Å². The molecule has 3 aromatic rings. The van der Waals surface area contributed by atoms with Gasteiger partial charge in [-0.05, 0) is 36.5 Å². The summed E-state index contributed by atoms with van der Waals surface area (Å²) in [6.07, 6.45) is 1.63. The summed E-state index contributed by atoms with van der Waals surface area (Å²) in [5, 5.41) is 1.09. The number of carbonyl (C=O) groups excluding carboxylic acids is 2. The van der Waals surface area contributed by atoms with Crippen molar-refractivity contribution in [1.82, 2.24) is 10.4 Å². The molecule has 2 amide bonds. The third-order valence-electron chi connectivity index (χ3n) is 4.00. The van der Waals surface area contributed by atoms with E-state index in [-0.39, 0.29) is 4.32 Å². The standard InChI is InChI=1S/C21H14N2O3S2/c24-19(15-9-5-2-6-10-15)22-23-20(25)18(28-21(23)27)13-16-11-12-17(26-16)14-7-3-1-4-8-14/h1-13H,(H,22,24). The number of rotatable bonds is 4. The first-order valence-corrected chi connectivity index (χ1v) is 9.63. The number of nitrogens with one attached hydrogen (secondary N) is 1. The summed E-state index contributed by atoms with van der Waals surface area (Å²) in [5.41, 5.74) is 3.95. The molecule has 138 valence electrons. The fraction of sp³-hybridized carbons (Fsp3) is 0. The molecule has 0 radical (unpaired) electrons. The van der Waals surface area contributed by atoms with E-state index in [2.05, 4.69) is 5.43 Å². The third kappa shape index (κ3) is 3.76. The maximum absolute atomic E-state index is 12.7. The number of nitrogens with zero attached hydrogens (tertiary/aromatic N) is 1. The van der Waals surface area contributed by atoms with Crippen molar-refractivity contribution >= 4 is 46.2 Å². The van der Waals surface area contributed by atoms with Crippen LogP contribution >= 0.6 is 24.0 Å². The quantitative estimate of drug-likeness (QED) is 0.511. The average molecular weight is 406 g/mol. The van der Waals surface area contributed by atoms with Gasteiger partial charge in [0.15, 0.2) is 4.32 Å². The van der Waals surface area contributed by atoms with Crippen molar-refractivity contribution in [2.45, 2.75) is 0 Å². The highest BCUT2D eigenvalue weighted by molar-refractivity contribution is 8.26. The number of hydrogen-bond acceptors (Lipinski definition) is 5. The molecule has 0 unspecified atom stereocenters. The zero-order chi connectivity index (χ0) is 19.5. The van der Waals surface area contributed by atoms with E-state index in [0.717, 1.165) is 22.3 Å². The smallest absolute Gasteiger partial charge is 0.285 e. The number of carbonyl (C=O) groups is 2. The molecule has 0 spiro atoms. The first kappa shape index (κ1) is 18.2. The van der Waals surface area contributed by atoms with Gasteiger partial charge >= 0.3 is 0 Å². The molecule has 2 aromatic carbocycles. The molecule has 1 aliphatic rings. The van der Waals surface area contributed by atoms with E-state index in [1.165, 1.54) is 0 Å². The van der Waals surface area contributed by atoms with Gasteiger partial charge in [-0.3, -0.25) is 15.0 Å². The van der Waals surface area contributed by atoms with E-state index in [4.69, 9.17) is 16.6 Å². The first-order chi connectivity index (χ1) is 13.6. The van der Waals surface area contributed by atoms with Gasteiger partial charge in [-0.25, -0.2) is 0 Å². The Hall–Kier alpha value is -3.16. The van der Waals surface area contributed by atoms with Gasteiger partial charge in [-0.1, -0.05) is 60.3 Å². The van der Waals surface area contributed by atoms with Crippen LogP contribution in [0.25, 0.3) is 17.4 Å². The number of hydrogen-bond donors (Lipinski definition) is 1. The van der Waals surface area contributed by atoms with Crippen LogP contribution in [0.5, 0.6) is 0 Å². The molecule has 1 N–H and O–H groups in total. The van der Waals surface area contributed by atoms with Gasteiger partial charge in [0.1, 0.15) is 11.5 Å². The van der Waals surface area contributed by atoms with Gasteiger partial charge in [-0.2, -0.15) is 5.01 Å². The van der Waals surface area contributed by atoms with Crippen LogP contribution in [0.4, 0.5) is 0 Å². The summed E-state index contributed by atoms with van der Waals surface area (Å²) in [6.45, 7) is 0. The fourth-order valence-corrected chi connectivity index (χ4v) is 3.80. The predicted octanol–water partition coefficient (Wildman–Crippen LogP) is 4.49. The van der Waals surface area contributed by atoms with Gasteiger partial charge in [-0.15, -0.1) is 0 Å². The molecule has 7 heteroatoms. The first-order valence-electron chi connectivity index (χ1n) is 8.41. The molecule has 1 aromatic heterocycles. The summed E-state index contributed by atoms with van der Waals surface area (Å²) >= 11 is 6.36. The topological polar surface area (TPSA) is 62.6 Å². The third-order valence-corrected chi connectivity index (χ3v) is 5.30. The van der Waals surface area contributed by atoms with Crippen molar-refractivity contribution in [1.29, 1.82) is 0 Å². The second kappa shape index (κ2) is 7.84. The zero-order valence-electron chi connectivity index (χ0n) is 14.5. The van der Waals surface area contributed by atoms with Crippen LogP contribution in [0.15, 0.2) is 82.1 Å². The van der Waals surface area contributed by atoms with Crippen molar-refractivity contribution in [2.24, 2.45) is 0 Å². The van der Waals surface area contributed by atoms with Gasteiger partial charge in [0.05, 0.1) is 4.91 Å². The normalized spacial score (nSPS) is 15.3. The molecule has 1 saturated heterocycles. The van der Waals surface area contributed by atoms with Gasteiger partial charge in [0.25, 0.3) is 11.8 Å². The second-order valence-corrected chi connectivity index (χ2v) is 7.57. The van der Waals surface area contributed by atoms with Crippen LogP contribution in [0.1, 0.15) is 16.1 Å². The summed E-state index contributed by atoms with van der Waals surface area (Å²) < 4.78 is 6.07. The van der Waals surface area contributed by atoms with E-state index in [1.54, 1.807) is 36.4 Å². The number of thioether (sulfide) groups is 1. The molecule has 28 heavy (non-hydrogen) atoms. The van der Waals surface area contributed by atoms with Crippen LogP contribution in [0, 0.1) is 0 Å². The number of furan rings is 1. The number of amides is 2. The maximum atomic E-state index is 12.7. The van der Waals surface area contributed by atoms with Crippen LogP contribution in [-0.4, -0.2) is 21.1 Å². The van der Waals surface area contributed by atoms with E-state index in [9.17, 15) is 9.59 Å². The lowest BCUT2D eigenvalue weighted by Crippen LogP contribution is -2.44. The SMILES string of the molecule is O=C(NN1C(=O)C(=Cc2ccc(-c3ccccc3)o2)SC1=S)c1ccccc1. The Morgan fingerprint density at radius 2 is 1.68 bits per heavy atom. The summed E-state index contributed by atoms with van der Waals surface area (Å²) in [6, 6.07) is 22.0. The van der Waals surface area contributed by atoms with Gasteiger partial charge in [0.2, 0.25) is 0 Å². The Kier molecular flexibility index (Phi) is 5.10. The zero-order valence-corrected chi connectivity index (χ0v) is 16.1. The van der Waals surface area contributed by atoms with Gasteiger partial charge < -0.3 is 4.42 Å². The van der Waals surface area contributed by atoms with E-state index < -0.39 is 11.8 Å². The number of benzene rings is 2. The fourth-order valence-electron chi connectivity index (χ4n) is 2.64. The summed E-state index contributed by atoms with van der Waals surface area (Å²) in [4.78, 5) is 25.3. The Morgan fingerprint density at radius 1 is 1.00 bits per heavy atom. The van der Waals surface area contributed by atoms with Crippen molar-refractivity contribution in [3.63, 3.8) is 0 Å². The molecule has 1 aliphatic heterocycles. The summed E-state index contributed by atoms with van der Waals surface area (Å²) in [5.74, 6) is 0.452. The molecular formula is C21H14N2O3S2. The molecule has 0 saturated carbocycles. The van der Waals surface area contributed by atoms with Crippen LogP contribution in [-0.2, 0) is 4.79 Å². The number of thiocarbonyl (C=S) groups is 1. The Bertz CT molecular complexity index is 1080. The lowest BCUT2D eigenvalue weighted by molar-refractivity contribution is -0.123. The molecule has 1 fully saturated rings. The largest absolute Gasteiger partial charge is 0.457 e. The predicted molar refractivity (Wildman–Crippen MR) is 113 cm³/mol. The minimum Gasteiger partial charge on any atom is -0.457 e. The van der Waals surface area contributed by atoms with Gasteiger partial charge in [0, 0.05) is 17.2 Å². The highest BCUT2D eigenvalue weighted by Gasteiger charge is 2.34. The van der Waals surface area contributed by atoms with Crippen LogP contribution < -0.4 is 5.43 Å². The molecule has 2 heterocycles. The Balaban J connectivity index is 1.51. The number of hydrazine groups is 1. The van der Waals surface area contributed by atoms with Crippen molar-refractivity contribution < 1.29 is 14.0 Å². The minimum atomic E-state index is -0.400. The molecule has 0 atom stereocenters. The molecule has 0 aliphatic carbocycles. The van der Waals surface area contributed by atoms with Crippen molar-refractivity contribution in [2.75, 3.05) is 0 Å². The van der Waals surface area contributed by atoms with Crippen molar-refractivity contribution in [3.8, 4) is 11.3 Å². The van der Waals surface area contributed by atoms with E-state index in [0.29, 0.717) is 22.0 Å². The average Bonchev–Trinajstić information content (AvgIpc) is 3.30. The van der Waals surface area contributed by atoms with E-state index >= 15 is 0 Å². The summed E-state index contributed by atoms with van der Waals surface area (Å²) in [7, 11) is 0.